The number of H-pyrrole nitrogens is 1. The van der Waals surface area contributed by atoms with Crippen LogP contribution in [0.1, 0.15) is 12.0 Å². The molecule has 1 N–H and O–H groups in total. The fourth-order valence-electron chi connectivity index (χ4n) is 2.66. The topological polar surface area (TPSA) is 61.5 Å². The third-order valence-electron chi connectivity index (χ3n) is 3.77. The zero-order valence-corrected chi connectivity index (χ0v) is 12.3. The number of carbonyl (C=O) groups excluding carboxylic acids is 1. The zero-order valence-electron chi connectivity index (χ0n) is 12.3. The minimum atomic E-state index is 0.260. The number of nitrogens with one attached hydrogen (secondary N) is 1. The highest BCUT2D eigenvalue weighted by Gasteiger charge is 2.29. The molecule has 1 amide bonds. The Labute approximate surface area is 120 Å². The number of aromatic nitrogens is 2. The number of carbonyl (C=O) groups is 1. The quantitative estimate of drug-likeness (QED) is 0.748. The molecule has 20 heavy (non-hydrogen) atoms. The Kier molecular flexibility index (Phi) is 5.55. The van der Waals surface area contributed by atoms with Gasteiger partial charge in [-0.05, 0) is 24.9 Å². The summed E-state index contributed by atoms with van der Waals surface area (Å²) in [6.45, 7) is 4.15. The minimum absolute atomic E-state index is 0.260. The van der Waals surface area contributed by atoms with E-state index in [0.717, 1.165) is 26.1 Å². The Morgan fingerprint density at radius 1 is 1.60 bits per heavy atom. The molecule has 2 heterocycles. The lowest BCUT2D eigenvalue weighted by Crippen LogP contribution is -2.31. The van der Waals surface area contributed by atoms with Gasteiger partial charge in [-0.2, -0.15) is 5.10 Å². The van der Waals surface area contributed by atoms with E-state index >= 15 is 0 Å². The molecule has 0 bridgehead atoms. The molecule has 112 valence electrons. The van der Waals surface area contributed by atoms with Crippen LogP contribution in [0.2, 0.25) is 0 Å². The van der Waals surface area contributed by atoms with Crippen molar-refractivity contribution in [2.45, 2.75) is 12.8 Å². The molecule has 1 unspecified atom stereocenters. The molecule has 1 aliphatic heterocycles. The highest BCUT2D eigenvalue weighted by Crippen LogP contribution is 2.18. The normalized spacial score (nSPS) is 19.2. The van der Waals surface area contributed by atoms with Crippen LogP contribution in [0.3, 0.4) is 0 Å². The molecule has 6 heteroatoms. The first kappa shape index (κ1) is 15.0. The molecule has 1 fully saturated rings. The summed E-state index contributed by atoms with van der Waals surface area (Å²) in [5.41, 5.74) is 1.22. The van der Waals surface area contributed by atoms with Gasteiger partial charge in [0.15, 0.2) is 0 Å². The molecule has 1 atom stereocenters. The average Bonchev–Trinajstić information content (AvgIpc) is 3.04. The van der Waals surface area contributed by atoms with Crippen molar-refractivity contribution in [3.05, 3.63) is 18.0 Å². The highest BCUT2D eigenvalue weighted by atomic mass is 16.5. The average molecular weight is 280 g/mol. The number of hydrogen-bond acceptors (Lipinski definition) is 4. The van der Waals surface area contributed by atoms with E-state index in [-0.39, 0.29) is 5.91 Å². The lowest BCUT2D eigenvalue weighted by Gasteiger charge is -2.21. The zero-order chi connectivity index (χ0) is 14.4. The van der Waals surface area contributed by atoms with E-state index in [1.807, 2.05) is 17.3 Å². The maximum absolute atomic E-state index is 11.9. The molecule has 1 aromatic heterocycles. The van der Waals surface area contributed by atoms with E-state index in [2.05, 4.69) is 22.1 Å². The SMILES string of the molecule is COCCN1CC(CN(C)CCc2cn[nH]c2)CC1=O. The predicted octanol–water partition coefficient (Wildman–Crippen LogP) is 0.379. The molecule has 2 rings (SSSR count). The first-order chi connectivity index (χ1) is 9.69. The maximum atomic E-state index is 11.9. The molecule has 6 nitrogen and oxygen atoms in total. The fourth-order valence-corrected chi connectivity index (χ4v) is 2.66. The van der Waals surface area contributed by atoms with Gasteiger partial charge in [0.05, 0.1) is 12.8 Å². The first-order valence-corrected chi connectivity index (χ1v) is 7.12. The molecule has 1 saturated heterocycles. The fraction of sp³-hybridized carbons (Fsp3) is 0.714. The third-order valence-corrected chi connectivity index (χ3v) is 3.77. The number of rotatable bonds is 8. The maximum Gasteiger partial charge on any atom is 0.223 e. The lowest BCUT2D eigenvalue weighted by molar-refractivity contribution is -0.128. The highest BCUT2D eigenvalue weighted by molar-refractivity contribution is 5.78. The van der Waals surface area contributed by atoms with Gasteiger partial charge in [-0.1, -0.05) is 0 Å². The largest absolute Gasteiger partial charge is 0.383 e. The summed E-state index contributed by atoms with van der Waals surface area (Å²) in [6, 6.07) is 0. The van der Waals surface area contributed by atoms with Gasteiger partial charge in [0.2, 0.25) is 5.91 Å². The van der Waals surface area contributed by atoms with Crippen LogP contribution in [0.4, 0.5) is 0 Å². The smallest absolute Gasteiger partial charge is 0.223 e. The van der Waals surface area contributed by atoms with E-state index in [9.17, 15) is 4.79 Å². The number of amides is 1. The minimum Gasteiger partial charge on any atom is -0.383 e. The van der Waals surface area contributed by atoms with Crippen LogP contribution in [0.25, 0.3) is 0 Å². The second-order valence-electron chi connectivity index (χ2n) is 5.52. The molecule has 0 radical (unpaired) electrons. The van der Waals surface area contributed by atoms with Gasteiger partial charge in [0.25, 0.3) is 0 Å². The van der Waals surface area contributed by atoms with Crippen LogP contribution in [-0.4, -0.2) is 72.8 Å². The number of methoxy groups -OCH3 is 1. The molecular formula is C14H24N4O2. The molecule has 1 aromatic rings. The van der Waals surface area contributed by atoms with Crippen LogP contribution in [0.5, 0.6) is 0 Å². The summed E-state index contributed by atoms with van der Waals surface area (Å²) < 4.78 is 5.04. The van der Waals surface area contributed by atoms with Crippen LogP contribution in [0.15, 0.2) is 12.4 Å². The number of ether oxygens (including phenoxy) is 1. The van der Waals surface area contributed by atoms with Gasteiger partial charge in [-0.15, -0.1) is 0 Å². The van der Waals surface area contributed by atoms with Crippen molar-refractivity contribution < 1.29 is 9.53 Å². The van der Waals surface area contributed by atoms with Gasteiger partial charge in [0.1, 0.15) is 0 Å². The lowest BCUT2D eigenvalue weighted by atomic mass is 10.1. The Morgan fingerprint density at radius 2 is 2.45 bits per heavy atom. The summed E-state index contributed by atoms with van der Waals surface area (Å²) in [6.07, 6.45) is 5.44. The molecule has 0 spiro atoms. The summed E-state index contributed by atoms with van der Waals surface area (Å²) in [5.74, 6) is 0.698. The third kappa shape index (κ3) is 4.31. The molecule has 0 aliphatic carbocycles. The van der Waals surface area contributed by atoms with Gasteiger partial charge < -0.3 is 14.5 Å². The first-order valence-electron chi connectivity index (χ1n) is 7.12. The number of hydrogen-bond donors (Lipinski definition) is 1. The second-order valence-corrected chi connectivity index (χ2v) is 5.52. The van der Waals surface area contributed by atoms with E-state index in [4.69, 9.17) is 4.74 Å². The Balaban J connectivity index is 1.69. The van der Waals surface area contributed by atoms with E-state index in [1.165, 1.54) is 5.56 Å². The Bertz CT molecular complexity index is 407. The Hall–Kier alpha value is -1.40. The number of aromatic amines is 1. The van der Waals surface area contributed by atoms with Crippen molar-refractivity contribution in [1.82, 2.24) is 20.0 Å². The van der Waals surface area contributed by atoms with E-state index in [1.54, 1.807) is 7.11 Å². The summed E-state index contributed by atoms with van der Waals surface area (Å²) in [5, 5.41) is 6.77. The van der Waals surface area contributed by atoms with Crippen molar-refractivity contribution in [2.75, 3.05) is 46.9 Å². The summed E-state index contributed by atoms with van der Waals surface area (Å²) in [7, 11) is 3.78. The summed E-state index contributed by atoms with van der Waals surface area (Å²) in [4.78, 5) is 16.1. The molecule has 0 aromatic carbocycles. The number of nitrogens with zero attached hydrogens (tertiary/aromatic N) is 3. The van der Waals surface area contributed by atoms with Gasteiger partial charge >= 0.3 is 0 Å². The van der Waals surface area contributed by atoms with Crippen molar-refractivity contribution in [1.29, 1.82) is 0 Å². The van der Waals surface area contributed by atoms with Crippen molar-refractivity contribution in [3.8, 4) is 0 Å². The standard InChI is InChI=1S/C14H24N4O2/c1-17(4-3-12-8-15-16-9-12)10-13-7-14(19)18(11-13)5-6-20-2/h8-9,13H,3-7,10-11H2,1-2H3,(H,15,16). The van der Waals surface area contributed by atoms with Crippen LogP contribution >= 0.6 is 0 Å². The monoisotopic (exact) mass is 280 g/mol. The van der Waals surface area contributed by atoms with Crippen molar-refractivity contribution in [3.63, 3.8) is 0 Å². The Morgan fingerprint density at radius 3 is 3.15 bits per heavy atom. The molecular weight excluding hydrogens is 256 g/mol. The number of likely N-dealkylation sites (tertiary alicyclic amines) is 1. The van der Waals surface area contributed by atoms with Gasteiger partial charge in [-0.25, -0.2) is 0 Å². The van der Waals surface area contributed by atoms with E-state index < -0.39 is 0 Å². The number of likely N-dealkylation sites (N-methyl/N-ethyl adjacent to an activating group) is 1. The molecule has 1 aliphatic rings. The van der Waals surface area contributed by atoms with Crippen molar-refractivity contribution >= 4 is 5.91 Å². The predicted molar refractivity (Wildman–Crippen MR) is 76.4 cm³/mol. The molecule has 0 saturated carbocycles. The van der Waals surface area contributed by atoms with E-state index in [0.29, 0.717) is 25.5 Å². The summed E-state index contributed by atoms with van der Waals surface area (Å²) >= 11 is 0. The van der Waals surface area contributed by atoms with Gasteiger partial charge in [0, 0.05) is 45.9 Å². The van der Waals surface area contributed by atoms with Crippen molar-refractivity contribution in [2.24, 2.45) is 5.92 Å². The van der Waals surface area contributed by atoms with Crippen LogP contribution < -0.4 is 0 Å². The van der Waals surface area contributed by atoms with Crippen LogP contribution in [-0.2, 0) is 16.0 Å². The van der Waals surface area contributed by atoms with Crippen LogP contribution in [0, 0.1) is 5.92 Å². The van der Waals surface area contributed by atoms with Gasteiger partial charge in [-0.3, -0.25) is 9.89 Å². The second kappa shape index (κ2) is 7.40.